The SMILES string of the molecule is CCC[Si](OC)(OC)C(C(C)=O)C(=O)CC.CCC[Si](OC)(OC)C(C(C)=O)C(=O)CC.[Pt+2]. The molecule has 0 aliphatic heterocycles. The van der Waals surface area contributed by atoms with Crippen LogP contribution in [0.5, 0.6) is 0 Å². The minimum atomic E-state index is -2.72. The summed E-state index contributed by atoms with van der Waals surface area (Å²) in [6.45, 7) is 10.4. The van der Waals surface area contributed by atoms with Crippen molar-refractivity contribution < 1.29 is 57.9 Å². The molecule has 0 rings (SSSR count). The van der Waals surface area contributed by atoms with Crippen molar-refractivity contribution in [2.45, 2.75) is 90.4 Å². The predicted octanol–water partition coefficient (Wildman–Crippen LogP) is 4.14. The van der Waals surface area contributed by atoms with Gasteiger partial charge in [0, 0.05) is 41.3 Å². The Morgan fingerprint density at radius 2 is 0.848 bits per heavy atom. The summed E-state index contributed by atoms with van der Waals surface area (Å²) in [6.07, 6.45) is 2.37. The number of hydrogen-bond donors (Lipinski definition) is 0. The van der Waals surface area contributed by atoms with Gasteiger partial charge in [-0.3, -0.25) is 19.2 Å². The first-order chi connectivity index (χ1) is 15.0. The molecule has 0 spiro atoms. The van der Waals surface area contributed by atoms with E-state index in [4.69, 9.17) is 17.7 Å². The molecule has 0 N–H and O–H groups in total. The van der Waals surface area contributed by atoms with Crippen LogP contribution in [0.25, 0.3) is 0 Å². The molecule has 0 amide bonds. The zero-order valence-electron chi connectivity index (χ0n) is 22.0. The molecule has 0 aromatic rings. The van der Waals surface area contributed by atoms with Crippen LogP contribution in [-0.4, -0.2) is 68.7 Å². The van der Waals surface area contributed by atoms with Crippen LogP contribution in [0.2, 0.25) is 23.2 Å². The number of hydrogen-bond acceptors (Lipinski definition) is 8. The average Bonchev–Trinajstić information content (AvgIpc) is 2.77. The summed E-state index contributed by atoms with van der Waals surface area (Å²) in [4.78, 5) is 47.0. The van der Waals surface area contributed by atoms with E-state index in [0.29, 0.717) is 24.9 Å². The summed E-state index contributed by atoms with van der Waals surface area (Å²) in [5, 5.41) is 0. The van der Waals surface area contributed by atoms with Crippen LogP contribution in [-0.2, 0) is 57.9 Å². The normalized spacial score (nSPS) is 13.2. The summed E-state index contributed by atoms with van der Waals surface area (Å²) in [6, 6.07) is 1.33. The van der Waals surface area contributed by atoms with Gasteiger partial charge in [0.25, 0.3) is 0 Å². The molecule has 0 aliphatic carbocycles. The van der Waals surface area contributed by atoms with E-state index in [0.717, 1.165) is 12.8 Å². The van der Waals surface area contributed by atoms with Crippen molar-refractivity contribution >= 4 is 40.3 Å². The Kier molecular flexibility index (Phi) is 21.3. The van der Waals surface area contributed by atoms with Gasteiger partial charge in [-0.25, -0.2) is 0 Å². The van der Waals surface area contributed by atoms with Crippen molar-refractivity contribution in [2.24, 2.45) is 0 Å². The molecule has 0 aromatic carbocycles. The minimum Gasteiger partial charge on any atom is -0.397 e. The molecular weight excluding hydrogens is 643 g/mol. The number of carbonyl (C=O) groups is 4. The second-order valence-electron chi connectivity index (χ2n) is 7.67. The first-order valence-electron chi connectivity index (χ1n) is 11.2. The van der Waals surface area contributed by atoms with E-state index in [1.807, 2.05) is 13.8 Å². The second kappa shape index (κ2) is 18.9. The molecule has 0 fully saturated rings. The topological polar surface area (TPSA) is 105 Å². The van der Waals surface area contributed by atoms with Gasteiger partial charge in [-0.15, -0.1) is 0 Å². The first-order valence-corrected chi connectivity index (χ1v) is 15.4. The Bertz CT molecular complexity index is 555. The maximum atomic E-state index is 11.8. The van der Waals surface area contributed by atoms with Crippen molar-refractivity contribution in [1.82, 2.24) is 0 Å². The van der Waals surface area contributed by atoms with Gasteiger partial charge in [0.05, 0.1) is 0 Å². The maximum Gasteiger partial charge on any atom is 2.00 e. The van der Waals surface area contributed by atoms with Crippen molar-refractivity contribution in [1.29, 1.82) is 0 Å². The van der Waals surface area contributed by atoms with Crippen LogP contribution in [0, 0.1) is 0 Å². The number of ketones is 4. The van der Waals surface area contributed by atoms with E-state index in [2.05, 4.69) is 0 Å². The van der Waals surface area contributed by atoms with Gasteiger partial charge in [-0.05, 0) is 25.9 Å². The summed E-state index contributed by atoms with van der Waals surface area (Å²) < 4.78 is 21.8. The Morgan fingerprint density at radius 3 is 0.970 bits per heavy atom. The zero-order chi connectivity index (χ0) is 25.5. The van der Waals surface area contributed by atoms with Gasteiger partial charge < -0.3 is 17.7 Å². The molecule has 0 radical (unpaired) electrons. The van der Waals surface area contributed by atoms with Gasteiger partial charge in [-0.2, -0.15) is 0 Å². The van der Waals surface area contributed by atoms with Crippen LogP contribution in [0.4, 0.5) is 0 Å². The minimum absolute atomic E-state index is 0. The van der Waals surface area contributed by atoms with Crippen LogP contribution in [0.3, 0.4) is 0 Å². The van der Waals surface area contributed by atoms with Crippen molar-refractivity contribution in [2.75, 3.05) is 28.4 Å². The molecule has 11 heteroatoms. The zero-order valence-corrected chi connectivity index (χ0v) is 26.3. The molecule has 8 nitrogen and oxygen atoms in total. The van der Waals surface area contributed by atoms with Crippen LogP contribution in [0.1, 0.15) is 67.2 Å². The van der Waals surface area contributed by atoms with Crippen LogP contribution < -0.4 is 0 Å². The van der Waals surface area contributed by atoms with Gasteiger partial charge in [-0.1, -0.05) is 40.5 Å². The maximum absolute atomic E-state index is 11.8. The molecule has 0 saturated carbocycles. The summed E-state index contributed by atoms with van der Waals surface area (Å²) in [7, 11) is 0.690. The number of carbonyl (C=O) groups excluding carboxylic acids is 4. The molecule has 0 saturated heterocycles. The summed E-state index contributed by atoms with van der Waals surface area (Å²) in [5.74, 6) is -0.432. The third-order valence-corrected chi connectivity index (χ3v) is 14.0. The fourth-order valence-electron chi connectivity index (χ4n) is 4.00. The number of Topliss-reactive ketones (excluding diaryl/α,β-unsaturated/α-hetero) is 4. The van der Waals surface area contributed by atoms with Gasteiger partial charge in [0.15, 0.2) is 0 Å². The fraction of sp³-hybridized carbons (Fsp3) is 0.818. The third kappa shape index (κ3) is 10.4. The van der Waals surface area contributed by atoms with E-state index < -0.39 is 28.2 Å². The van der Waals surface area contributed by atoms with Crippen molar-refractivity contribution in [3.63, 3.8) is 0 Å². The Hall–Kier alpha value is -0.358. The number of rotatable bonds is 16. The van der Waals surface area contributed by atoms with E-state index in [-0.39, 0.29) is 44.2 Å². The third-order valence-electron chi connectivity index (χ3n) is 5.61. The molecule has 2 atom stereocenters. The Morgan fingerprint density at radius 1 is 0.606 bits per heavy atom. The predicted molar refractivity (Wildman–Crippen MR) is 129 cm³/mol. The molecule has 0 aromatic heterocycles. The molecule has 0 bridgehead atoms. The molecule has 196 valence electrons. The van der Waals surface area contributed by atoms with Crippen molar-refractivity contribution in [3.8, 4) is 0 Å². The van der Waals surface area contributed by atoms with E-state index in [1.54, 1.807) is 13.8 Å². The molecule has 0 heterocycles. The van der Waals surface area contributed by atoms with Gasteiger partial charge in [0.1, 0.15) is 34.2 Å². The van der Waals surface area contributed by atoms with Gasteiger partial charge in [0.2, 0.25) is 0 Å². The summed E-state index contributed by atoms with van der Waals surface area (Å²) >= 11 is 0. The molecular formula is C22H44O8PtSi2+2. The van der Waals surface area contributed by atoms with Gasteiger partial charge >= 0.3 is 38.2 Å². The summed E-state index contributed by atoms with van der Waals surface area (Å²) in [5.41, 5.74) is -1.38. The quantitative estimate of drug-likeness (QED) is 0.176. The first kappa shape index (κ1) is 37.2. The largest absolute Gasteiger partial charge is 2.00 e. The second-order valence-corrected chi connectivity index (χ2v) is 14.7. The molecule has 0 aliphatic rings. The molecule has 33 heavy (non-hydrogen) atoms. The fourth-order valence-corrected chi connectivity index (χ4v) is 10.7. The van der Waals surface area contributed by atoms with Crippen LogP contribution >= 0.6 is 0 Å². The Balaban J connectivity index is -0.000000529. The van der Waals surface area contributed by atoms with Crippen LogP contribution in [0.15, 0.2) is 0 Å². The van der Waals surface area contributed by atoms with E-state index in [1.165, 1.54) is 42.3 Å². The standard InChI is InChI=1S/2C11H22O4Si.Pt/c2*1-6-8-16(14-4,15-5)11(9(3)12)10(13)7-2;/h2*11H,6-8H2,1-5H3;/q;;+2. The smallest absolute Gasteiger partial charge is 0.397 e. The average molecular weight is 688 g/mol. The van der Waals surface area contributed by atoms with E-state index in [9.17, 15) is 19.2 Å². The van der Waals surface area contributed by atoms with E-state index >= 15 is 0 Å². The Labute approximate surface area is 216 Å². The monoisotopic (exact) mass is 687 g/mol. The molecule has 2 unspecified atom stereocenters. The van der Waals surface area contributed by atoms with Crippen molar-refractivity contribution in [3.05, 3.63) is 0 Å².